The molecule has 0 saturated heterocycles. The lowest BCUT2D eigenvalue weighted by Gasteiger charge is -2.10. The first-order valence-corrected chi connectivity index (χ1v) is 5.87. The molecule has 0 unspecified atom stereocenters. The number of aromatic nitrogens is 2. The molecule has 0 amide bonds. The van der Waals surface area contributed by atoms with Gasteiger partial charge in [-0.2, -0.15) is 0 Å². The highest BCUT2D eigenvalue weighted by Gasteiger charge is 2.17. The van der Waals surface area contributed by atoms with Crippen LogP contribution in [0.25, 0.3) is 16.7 Å². The van der Waals surface area contributed by atoms with Crippen LogP contribution >= 0.6 is 0 Å². The van der Waals surface area contributed by atoms with E-state index in [1.165, 1.54) is 16.7 Å². The monoisotopic (exact) mass is 277 g/mol. The van der Waals surface area contributed by atoms with Crippen molar-refractivity contribution in [1.82, 2.24) is 9.55 Å². The van der Waals surface area contributed by atoms with Gasteiger partial charge >= 0.3 is 0 Å². The average Bonchev–Trinajstić information content (AvgIpc) is 2.70. The Balaban J connectivity index is 2.42. The summed E-state index contributed by atoms with van der Waals surface area (Å²) in [6.45, 7) is 1.56. The molecule has 0 aliphatic carbocycles. The molecule has 2 aromatic carbocycles. The molecule has 1 aromatic heterocycles. The molecule has 3 rings (SSSR count). The van der Waals surface area contributed by atoms with Crippen LogP contribution in [0, 0.1) is 24.4 Å². The molecule has 3 aromatic rings. The van der Waals surface area contributed by atoms with Gasteiger partial charge in [-0.05, 0) is 19.1 Å². The predicted molar refractivity (Wildman–Crippen MR) is 70.1 cm³/mol. The predicted octanol–water partition coefficient (Wildman–Crippen LogP) is 3.33. The van der Waals surface area contributed by atoms with Gasteiger partial charge in [-0.25, -0.2) is 18.2 Å². The summed E-state index contributed by atoms with van der Waals surface area (Å²) in [5.74, 6) is -2.01. The third kappa shape index (κ3) is 1.72. The van der Waals surface area contributed by atoms with E-state index in [0.717, 1.165) is 12.1 Å². The quantitative estimate of drug-likeness (QED) is 0.741. The molecule has 2 N–H and O–H groups in total. The van der Waals surface area contributed by atoms with Gasteiger partial charge in [0.15, 0.2) is 5.82 Å². The Hall–Kier alpha value is -2.50. The highest BCUT2D eigenvalue weighted by Crippen LogP contribution is 2.28. The standard InChI is InChI=1S/C14H10F3N3/c1-7-9(16)3-2-4-11(7)20-12-6-8(15)5-10(17)13(12)19-14(20)18/h2-6H,1H3,(H2,18,19). The zero-order valence-electron chi connectivity index (χ0n) is 10.5. The molecule has 0 saturated carbocycles. The lowest BCUT2D eigenvalue weighted by Crippen LogP contribution is -2.03. The number of hydrogen-bond acceptors (Lipinski definition) is 2. The van der Waals surface area contributed by atoms with Gasteiger partial charge in [0.2, 0.25) is 5.95 Å². The highest BCUT2D eigenvalue weighted by atomic mass is 19.1. The Morgan fingerprint density at radius 1 is 1.10 bits per heavy atom. The van der Waals surface area contributed by atoms with Crippen molar-refractivity contribution in [3.05, 3.63) is 53.3 Å². The van der Waals surface area contributed by atoms with Crippen LogP contribution in [-0.4, -0.2) is 9.55 Å². The van der Waals surface area contributed by atoms with Crippen molar-refractivity contribution >= 4 is 17.0 Å². The number of imidazole rings is 1. The first-order chi connectivity index (χ1) is 9.49. The van der Waals surface area contributed by atoms with Gasteiger partial charge in [-0.1, -0.05) is 6.07 Å². The maximum atomic E-state index is 13.7. The Bertz CT molecular complexity index is 824. The van der Waals surface area contributed by atoms with E-state index in [1.807, 2.05) is 0 Å². The van der Waals surface area contributed by atoms with Gasteiger partial charge in [-0.15, -0.1) is 0 Å². The van der Waals surface area contributed by atoms with Crippen molar-refractivity contribution in [3.8, 4) is 5.69 Å². The molecule has 0 bridgehead atoms. The molecule has 102 valence electrons. The van der Waals surface area contributed by atoms with Gasteiger partial charge in [0.25, 0.3) is 0 Å². The molecular weight excluding hydrogens is 267 g/mol. The molecule has 0 fully saturated rings. The summed E-state index contributed by atoms with van der Waals surface area (Å²) in [6, 6.07) is 6.26. The normalized spacial score (nSPS) is 11.2. The maximum Gasteiger partial charge on any atom is 0.206 e. The van der Waals surface area contributed by atoms with Crippen LogP contribution in [-0.2, 0) is 0 Å². The molecule has 0 aliphatic heterocycles. The molecule has 0 spiro atoms. The molecule has 0 aliphatic rings. The maximum absolute atomic E-state index is 13.7. The van der Waals surface area contributed by atoms with Crippen molar-refractivity contribution in [2.24, 2.45) is 0 Å². The third-order valence-corrected chi connectivity index (χ3v) is 3.18. The van der Waals surface area contributed by atoms with Crippen molar-refractivity contribution in [2.45, 2.75) is 6.92 Å². The van der Waals surface area contributed by atoms with E-state index in [-0.39, 0.29) is 17.0 Å². The second kappa shape index (κ2) is 4.26. The van der Waals surface area contributed by atoms with Gasteiger partial charge in [0, 0.05) is 17.7 Å². The number of fused-ring (bicyclic) bond motifs is 1. The van der Waals surface area contributed by atoms with Gasteiger partial charge in [-0.3, -0.25) is 4.57 Å². The molecule has 1 heterocycles. The number of nitrogens with two attached hydrogens (primary N) is 1. The molecule has 0 radical (unpaired) electrons. The van der Waals surface area contributed by atoms with E-state index >= 15 is 0 Å². The second-order valence-electron chi connectivity index (χ2n) is 4.44. The first-order valence-electron chi connectivity index (χ1n) is 5.87. The fourth-order valence-electron chi connectivity index (χ4n) is 2.21. The average molecular weight is 277 g/mol. The van der Waals surface area contributed by atoms with Gasteiger partial charge in [0.1, 0.15) is 17.2 Å². The third-order valence-electron chi connectivity index (χ3n) is 3.18. The van der Waals surface area contributed by atoms with Crippen LogP contribution in [0.3, 0.4) is 0 Å². The van der Waals surface area contributed by atoms with E-state index < -0.39 is 17.5 Å². The van der Waals surface area contributed by atoms with E-state index in [1.54, 1.807) is 13.0 Å². The smallest absolute Gasteiger partial charge is 0.206 e. The molecule has 6 heteroatoms. The first kappa shape index (κ1) is 12.5. The summed E-state index contributed by atoms with van der Waals surface area (Å²) in [5.41, 5.74) is 6.60. The number of nitrogen functional groups attached to an aromatic ring is 1. The number of halogens is 3. The largest absolute Gasteiger partial charge is 0.369 e. The van der Waals surface area contributed by atoms with Crippen LogP contribution in [0.2, 0.25) is 0 Å². The number of anilines is 1. The summed E-state index contributed by atoms with van der Waals surface area (Å²) in [6.07, 6.45) is 0. The van der Waals surface area contributed by atoms with Crippen LogP contribution in [0.15, 0.2) is 30.3 Å². The summed E-state index contributed by atoms with van der Waals surface area (Å²) in [4.78, 5) is 3.88. The minimum atomic E-state index is -0.806. The Morgan fingerprint density at radius 3 is 2.60 bits per heavy atom. The fraction of sp³-hybridized carbons (Fsp3) is 0.0714. The van der Waals surface area contributed by atoms with Crippen molar-refractivity contribution in [3.63, 3.8) is 0 Å². The lowest BCUT2D eigenvalue weighted by atomic mass is 10.2. The van der Waals surface area contributed by atoms with E-state index in [0.29, 0.717) is 11.3 Å². The summed E-state index contributed by atoms with van der Waals surface area (Å²) in [5, 5.41) is 0. The van der Waals surface area contributed by atoms with Gasteiger partial charge < -0.3 is 5.73 Å². The SMILES string of the molecule is Cc1c(F)cccc1-n1c(N)nc2c(F)cc(F)cc21. The molecule has 20 heavy (non-hydrogen) atoms. The zero-order valence-corrected chi connectivity index (χ0v) is 10.5. The van der Waals surface area contributed by atoms with E-state index in [9.17, 15) is 13.2 Å². The Morgan fingerprint density at radius 2 is 1.85 bits per heavy atom. The number of nitrogens with zero attached hydrogens (tertiary/aromatic N) is 2. The summed E-state index contributed by atoms with van der Waals surface area (Å²) in [7, 11) is 0. The Kier molecular flexibility index (Phi) is 2.67. The number of benzene rings is 2. The summed E-state index contributed by atoms with van der Waals surface area (Å²) >= 11 is 0. The minimum absolute atomic E-state index is 0.0294. The molecule has 3 nitrogen and oxygen atoms in total. The lowest BCUT2D eigenvalue weighted by molar-refractivity contribution is 0.590. The minimum Gasteiger partial charge on any atom is -0.369 e. The second-order valence-corrected chi connectivity index (χ2v) is 4.44. The highest BCUT2D eigenvalue weighted by molar-refractivity contribution is 5.81. The topological polar surface area (TPSA) is 43.8 Å². The van der Waals surface area contributed by atoms with Crippen LogP contribution in [0.1, 0.15) is 5.56 Å². The fourth-order valence-corrected chi connectivity index (χ4v) is 2.21. The van der Waals surface area contributed by atoms with E-state index in [4.69, 9.17) is 5.73 Å². The van der Waals surface area contributed by atoms with Crippen molar-refractivity contribution in [1.29, 1.82) is 0 Å². The van der Waals surface area contributed by atoms with Gasteiger partial charge in [0.05, 0.1) is 11.2 Å². The van der Waals surface area contributed by atoms with Crippen molar-refractivity contribution in [2.75, 3.05) is 5.73 Å². The number of hydrogen-bond donors (Lipinski definition) is 1. The molecular formula is C14H10F3N3. The number of rotatable bonds is 1. The van der Waals surface area contributed by atoms with Crippen LogP contribution in [0.4, 0.5) is 19.1 Å². The van der Waals surface area contributed by atoms with Crippen LogP contribution < -0.4 is 5.73 Å². The molecule has 0 atom stereocenters. The van der Waals surface area contributed by atoms with E-state index in [2.05, 4.69) is 4.98 Å². The van der Waals surface area contributed by atoms with Crippen LogP contribution in [0.5, 0.6) is 0 Å². The van der Waals surface area contributed by atoms with Crippen molar-refractivity contribution < 1.29 is 13.2 Å². The summed E-state index contributed by atoms with van der Waals surface area (Å²) < 4.78 is 42.0. The Labute approximate surface area is 112 Å². The zero-order chi connectivity index (χ0) is 14.4.